The van der Waals surface area contributed by atoms with Gasteiger partial charge in [0.15, 0.2) is 0 Å². The van der Waals surface area contributed by atoms with Gasteiger partial charge in [0.1, 0.15) is 6.61 Å². The van der Waals surface area contributed by atoms with E-state index >= 15 is 0 Å². The van der Waals surface area contributed by atoms with Crippen molar-refractivity contribution < 1.29 is 18.3 Å². The summed E-state index contributed by atoms with van der Waals surface area (Å²) in [4.78, 5) is 11.5. The summed E-state index contributed by atoms with van der Waals surface area (Å²) in [5, 5.41) is 11.3. The van der Waals surface area contributed by atoms with Crippen LogP contribution in [0, 0.1) is 11.3 Å². The number of nitrogens with one attached hydrogen (secondary N) is 1. The number of ether oxygens (including phenoxy) is 1. The number of carbonyl (C=O) groups excluding carboxylic acids is 1. The first-order chi connectivity index (χ1) is 9.02. The van der Waals surface area contributed by atoms with Crippen LogP contribution in [-0.2, 0) is 9.53 Å². The molecule has 102 valence electrons. The summed E-state index contributed by atoms with van der Waals surface area (Å²) in [7, 11) is 0. The van der Waals surface area contributed by atoms with Crippen molar-refractivity contribution in [3.63, 3.8) is 0 Å². The SMILES string of the molecule is N#Cc1ccc(NC(=O)CCOCC(F)F)c(Br)c1. The van der Waals surface area contributed by atoms with Crippen LogP contribution in [0.3, 0.4) is 0 Å². The minimum atomic E-state index is -2.53. The van der Waals surface area contributed by atoms with Gasteiger partial charge in [-0.3, -0.25) is 4.79 Å². The molecule has 0 unspecified atom stereocenters. The van der Waals surface area contributed by atoms with Crippen molar-refractivity contribution in [2.75, 3.05) is 18.5 Å². The van der Waals surface area contributed by atoms with Gasteiger partial charge in [0.2, 0.25) is 5.91 Å². The van der Waals surface area contributed by atoms with E-state index in [-0.39, 0.29) is 18.9 Å². The standard InChI is InChI=1S/C12H11BrF2N2O2/c13-9-5-8(6-16)1-2-10(9)17-12(18)3-4-19-7-11(14)15/h1-2,5,11H,3-4,7H2,(H,17,18). The minimum absolute atomic E-state index is 0.0147. The second kappa shape index (κ2) is 7.81. The predicted molar refractivity (Wildman–Crippen MR) is 68.9 cm³/mol. The summed E-state index contributed by atoms with van der Waals surface area (Å²) in [5.74, 6) is -0.348. The van der Waals surface area contributed by atoms with E-state index in [2.05, 4.69) is 26.0 Å². The molecule has 0 bridgehead atoms. The van der Waals surface area contributed by atoms with Gasteiger partial charge in [-0.2, -0.15) is 5.26 Å². The van der Waals surface area contributed by atoms with Gasteiger partial charge in [-0.15, -0.1) is 0 Å². The number of carbonyl (C=O) groups is 1. The molecule has 19 heavy (non-hydrogen) atoms. The number of anilines is 1. The summed E-state index contributed by atoms with van der Waals surface area (Å²) in [5.41, 5.74) is 0.975. The smallest absolute Gasteiger partial charge is 0.261 e. The molecule has 0 saturated heterocycles. The lowest BCUT2D eigenvalue weighted by atomic mass is 10.2. The third-order valence-electron chi connectivity index (χ3n) is 2.09. The minimum Gasteiger partial charge on any atom is -0.375 e. The number of nitrogens with zero attached hydrogens (tertiary/aromatic N) is 1. The van der Waals surface area contributed by atoms with Crippen LogP contribution in [0.15, 0.2) is 22.7 Å². The quantitative estimate of drug-likeness (QED) is 0.814. The number of halogens is 3. The van der Waals surface area contributed by atoms with Gasteiger partial charge in [0.05, 0.1) is 30.3 Å². The Morgan fingerprint density at radius 3 is 2.84 bits per heavy atom. The number of hydrogen-bond acceptors (Lipinski definition) is 3. The van der Waals surface area contributed by atoms with E-state index in [1.54, 1.807) is 18.2 Å². The summed E-state index contributed by atoms with van der Waals surface area (Å²) >= 11 is 3.22. The van der Waals surface area contributed by atoms with Crippen LogP contribution in [0.1, 0.15) is 12.0 Å². The summed E-state index contributed by atoms with van der Waals surface area (Å²) in [6.07, 6.45) is -2.55. The van der Waals surface area contributed by atoms with Crippen LogP contribution >= 0.6 is 15.9 Å². The normalized spacial score (nSPS) is 10.3. The van der Waals surface area contributed by atoms with E-state index in [0.29, 0.717) is 15.7 Å². The molecular weight excluding hydrogens is 322 g/mol. The Hall–Kier alpha value is -1.52. The highest BCUT2D eigenvalue weighted by Gasteiger charge is 2.07. The van der Waals surface area contributed by atoms with Gasteiger partial charge < -0.3 is 10.1 Å². The Labute approximate surface area is 117 Å². The van der Waals surface area contributed by atoms with Gasteiger partial charge in [-0.25, -0.2) is 8.78 Å². The zero-order valence-corrected chi connectivity index (χ0v) is 11.4. The maximum atomic E-state index is 11.8. The molecule has 0 aromatic heterocycles. The Bertz CT molecular complexity index is 489. The zero-order valence-electron chi connectivity index (χ0n) is 9.83. The highest BCUT2D eigenvalue weighted by Crippen LogP contribution is 2.23. The first kappa shape index (κ1) is 15.5. The van der Waals surface area contributed by atoms with Gasteiger partial charge in [-0.05, 0) is 34.1 Å². The second-order valence-electron chi connectivity index (χ2n) is 3.57. The van der Waals surface area contributed by atoms with Gasteiger partial charge in [-0.1, -0.05) is 0 Å². The van der Waals surface area contributed by atoms with Gasteiger partial charge in [0.25, 0.3) is 6.43 Å². The lowest BCUT2D eigenvalue weighted by Gasteiger charge is -2.08. The Balaban J connectivity index is 2.42. The van der Waals surface area contributed by atoms with Crippen LogP contribution < -0.4 is 5.32 Å². The Morgan fingerprint density at radius 1 is 1.53 bits per heavy atom. The van der Waals surface area contributed by atoms with E-state index in [4.69, 9.17) is 5.26 Å². The number of hydrogen-bond donors (Lipinski definition) is 1. The Kier molecular flexibility index (Phi) is 6.39. The zero-order chi connectivity index (χ0) is 14.3. The average molecular weight is 333 g/mol. The number of amides is 1. The third-order valence-corrected chi connectivity index (χ3v) is 2.75. The number of rotatable bonds is 6. The predicted octanol–water partition coefficient (Wildman–Crippen LogP) is 2.93. The van der Waals surface area contributed by atoms with Crippen molar-refractivity contribution in [2.24, 2.45) is 0 Å². The number of alkyl halides is 2. The molecule has 1 amide bonds. The highest BCUT2D eigenvalue weighted by molar-refractivity contribution is 9.10. The van der Waals surface area contributed by atoms with E-state index < -0.39 is 13.0 Å². The van der Waals surface area contributed by atoms with Crippen LogP contribution in [0.4, 0.5) is 14.5 Å². The average Bonchev–Trinajstić information content (AvgIpc) is 2.37. The highest BCUT2D eigenvalue weighted by atomic mass is 79.9. The molecule has 0 fully saturated rings. The van der Waals surface area contributed by atoms with Crippen LogP contribution in [-0.4, -0.2) is 25.5 Å². The largest absolute Gasteiger partial charge is 0.375 e. The fourth-order valence-electron chi connectivity index (χ4n) is 1.24. The molecule has 1 rings (SSSR count). The van der Waals surface area contributed by atoms with Crippen molar-refractivity contribution >= 4 is 27.5 Å². The van der Waals surface area contributed by atoms with Crippen molar-refractivity contribution in [1.82, 2.24) is 0 Å². The molecular formula is C12H11BrF2N2O2. The van der Waals surface area contributed by atoms with Crippen LogP contribution in [0.5, 0.6) is 0 Å². The first-order valence-corrected chi connectivity index (χ1v) is 6.17. The van der Waals surface area contributed by atoms with E-state index in [1.807, 2.05) is 6.07 Å². The molecule has 0 spiro atoms. The summed E-state index contributed by atoms with van der Waals surface area (Å²) in [6, 6.07) is 6.69. The molecule has 1 N–H and O–H groups in total. The maximum Gasteiger partial charge on any atom is 0.261 e. The molecule has 0 radical (unpaired) electrons. The van der Waals surface area contributed by atoms with Crippen LogP contribution in [0.25, 0.3) is 0 Å². The maximum absolute atomic E-state index is 11.8. The molecule has 0 aliphatic carbocycles. The number of nitriles is 1. The van der Waals surface area contributed by atoms with E-state index in [9.17, 15) is 13.6 Å². The second-order valence-corrected chi connectivity index (χ2v) is 4.42. The number of benzene rings is 1. The lowest BCUT2D eigenvalue weighted by Crippen LogP contribution is -2.16. The molecule has 4 nitrogen and oxygen atoms in total. The third kappa shape index (κ3) is 5.77. The summed E-state index contributed by atoms with van der Waals surface area (Å²) in [6.45, 7) is -0.738. The van der Waals surface area contributed by atoms with Crippen molar-refractivity contribution in [1.29, 1.82) is 5.26 Å². The van der Waals surface area contributed by atoms with Gasteiger partial charge >= 0.3 is 0 Å². The molecule has 7 heteroatoms. The summed E-state index contributed by atoms with van der Waals surface area (Å²) < 4.78 is 28.7. The first-order valence-electron chi connectivity index (χ1n) is 5.38. The molecule has 0 atom stereocenters. The van der Waals surface area contributed by atoms with Crippen LogP contribution in [0.2, 0.25) is 0 Å². The topological polar surface area (TPSA) is 62.1 Å². The van der Waals surface area contributed by atoms with E-state index in [0.717, 1.165) is 0 Å². The lowest BCUT2D eigenvalue weighted by molar-refractivity contribution is -0.117. The van der Waals surface area contributed by atoms with Crippen molar-refractivity contribution in [3.05, 3.63) is 28.2 Å². The van der Waals surface area contributed by atoms with Gasteiger partial charge in [0, 0.05) is 4.47 Å². The van der Waals surface area contributed by atoms with Crippen molar-refractivity contribution in [3.8, 4) is 6.07 Å². The fourth-order valence-corrected chi connectivity index (χ4v) is 1.71. The molecule has 0 aliphatic rings. The molecule has 0 heterocycles. The van der Waals surface area contributed by atoms with E-state index in [1.165, 1.54) is 0 Å². The fraction of sp³-hybridized carbons (Fsp3) is 0.333. The van der Waals surface area contributed by atoms with Crippen molar-refractivity contribution in [2.45, 2.75) is 12.8 Å². The molecule has 0 saturated carbocycles. The monoisotopic (exact) mass is 332 g/mol. The molecule has 1 aromatic rings. The molecule has 1 aromatic carbocycles. The Morgan fingerprint density at radius 2 is 2.26 bits per heavy atom. The molecule has 0 aliphatic heterocycles.